The van der Waals surface area contributed by atoms with Crippen LogP contribution in [0.2, 0.25) is 0 Å². The van der Waals surface area contributed by atoms with E-state index in [2.05, 4.69) is 26.9 Å². The lowest BCUT2D eigenvalue weighted by atomic mass is 10.1. The third-order valence-electron chi connectivity index (χ3n) is 5.27. The molecule has 2 heterocycles. The molecule has 0 radical (unpaired) electrons. The highest BCUT2D eigenvalue weighted by molar-refractivity contribution is 6.08. The van der Waals surface area contributed by atoms with E-state index >= 15 is 0 Å². The number of anilines is 2. The van der Waals surface area contributed by atoms with E-state index in [0.717, 1.165) is 17.8 Å². The van der Waals surface area contributed by atoms with Crippen LogP contribution in [0.5, 0.6) is 0 Å². The summed E-state index contributed by atoms with van der Waals surface area (Å²) in [4.78, 5) is 27.3. The van der Waals surface area contributed by atoms with E-state index < -0.39 is 0 Å². The summed E-state index contributed by atoms with van der Waals surface area (Å²) in [5.74, 6) is -0.281. The highest BCUT2D eigenvalue weighted by Gasteiger charge is 2.25. The SMILES string of the molecule is O=C(Nc1ccc(C(=O)N2CCc3ccccc32)cc1)c1ccc(-n2cnnn2)cc1. The number of rotatable bonds is 4. The van der Waals surface area contributed by atoms with Gasteiger partial charge in [0.1, 0.15) is 6.33 Å². The van der Waals surface area contributed by atoms with E-state index in [-0.39, 0.29) is 11.8 Å². The maximum atomic E-state index is 12.9. The lowest BCUT2D eigenvalue weighted by Crippen LogP contribution is -2.28. The van der Waals surface area contributed by atoms with Gasteiger partial charge in [0.05, 0.1) is 5.69 Å². The van der Waals surface area contributed by atoms with Gasteiger partial charge in [0.15, 0.2) is 0 Å². The van der Waals surface area contributed by atoms with Crippen LogP contribution in [0, 0.1) is 0 Å². The van der Waals surface area contributed by atoms with Crippen LogP contribution in [0.4, 0.5) is 11.4 Å². The molecular formula is C23H18N6O2. The first-order valence-electron chi connectivity index (χ1n) is 9.84. The molecule has 0 aliphatic carbocycles. The van der Waals surface area contributed by atoms with Crippen molar-refractivity contribution < 1.29 is 9.59 Å². The van der Waals surface area contributed by atoms with Crippen molar-refractivity contribution in [1.82, 2.24) is 20.2 Å². The Morgan fingerprint density at radius 2 is 1.61 bits per heavy atom. The Hall–Kier alpha value is -4.33. The van der Waals surface area contributed by atoms with Crippen LogP contribution in [0.3, 0.4) is 0 Å². The maximum Gasteiger partial charge on any atom is 0.258 e. The lowest BCUT2D eigenvalue weighted by molar-refractivity contribution is 0.0988. The van der Waals surface area contributed by atoms with E-state index in [1.165, 1.54) is 16.6 Å². The molecule has 0 atom stereocenters. The second kappa shape index (κ2) is 7.83. The molecular weight excluding hydrogens is 392 g/mol. The van der Waals surface area contributed by atoms with Crippen LogP contribution < -0.4 is 10.2 Å². The highest BCUT2D eigenvalue weighted by atomic mass is 16.2. The predicted molar refractivity (Wildman–Crippen MR) is 115 cm³/mol. The number of carbonyl (C=O) groups is 2. The van der Waals surface area contributed by atoms with Gasteiger partial charge in [0, 0.05) is 29.0 Å². The monoisotopic (exact) mass is 410 g/mol. The molecule has 1 aliphatic rings. The quantitative estimate of drug-likeness (QED) is 0.558. The molecule has 0 bridgehead atoms. The fourth-order valence-electron chi connectivity index (χ4n) is 3.65. The molecule has 8 nitrogen and oxygen atoms in total. The van der Waals surface area contributed by atoms with Crippen molar-refractivity contribution in [3.8, 4) is 5.69 Å². The second-order valence-corrected chi connectivity index (χ2v) is 7.17. The zero-order chi connectivity index (χ0) is 21.2. The van der Waals surface area contributed by atoms with Crippen molar-refractivity contribution in [2.45, 2.75) is 6.42 Å². The number of benzene rings is 3. The van der Waals surface area contributed by atoms with Gasteiger partial charge < -0.3 is 10.2 Å². The molecule has 152 valence electrons. The molecule has 1 N–H and O–H groups in total. The molecule has 3 aromatic carbocycles. The van der Waals surface area contributed by atoms with E-state index in [1.807, 2.05) is 18.2 Å². The molecule has 1 aromatic heterocycles. The Bertz CT molecular complexity index is 1230. The normalized spacial score (nSPS) is 12.5. The van der Waals surface area contributed by atoms with Crippen molar-refractivity contribution in [3.05, 3.63) is 95.8 Å². The molecule has 0 saturated carbocycles. The molecule has 0 unspecified atom stereocenters. The summed E-state index contributed by atoms with van der Waals surface area (Å²) in [7, 11) is 0. The molecule has 0 spiro atoms. The van der Waals surface area contributed by atoms with Crippen LogP contribution in [0.25, 0.3) is 5.69 Å². The first kappa shape index (κ1) is 18.7. The summed E-state index contributed by atoms with van der Waals surface area (Å²) in [6.07, 6.45) is 2.35. The van der Waals surface area contributed by atoms with Gasteiger partial charge in [-0.2, -0.15) is 0 Å². The Kier molecular flexibility index (Phi) is 4.72. The number of carbonyl (C=O) groups excluding carboxylic acids is 2. The van der Waals surface area contributed by atoms with Gasteiger partial charge in [-0.05, 0) is 77.0 Å². The van der Waals surface area contributed by atoms with Gasteiger partial charge >= 0.3 is 0 Å². The van der Waals surface area contributed by atoms with Gasteiger partial charge in [-0.25, -0.2) is 4.68 Å². The van der Waals surface area contributed by atoms with Crippen LogP contribution in [-0.4, -0.2) is 38.6 Å². The number of fused-ring (bicyclic) bond motifs is 1. The van der Waals surface area contributed by atoms with Crippen molar-refractivity contribution in [2.24, 2.45) is 0 Å². The smallest absolute Gasteiger partial charge is 0.258 e. The molecule has 5 rings (SSSR count). The standard InChI is InChI=1S/C23H18N6O2/c30-22(17-7-11-20(12-8-17)29-15-24-26-27-29)25-19-9-5-18(6-10-19)23(31)28-14-13-16-3-1-2-4-21(16)28/h1-12,15H,13-14H2,(H,25,30). The molecule has 2 amide bonds. The minimum absolute atomic E-state index is 0.0407. The Morgan fingerprint density at radius 3 is 2.35 bits per heavy atom. The van der Waals surface area contributed by atoms with Gasteiger partial charge in [0.25, 0.3) is 11.8 Å². The minimum atomic E-state index is -0.240. The van der Waals surface area contributed by atoms with Gasteiger partial charge in [-0.3, -0.25) is 9.59 Å². The van der Waals surface area contributed by atoms with Crippen LogP contribution >= 0.6 is 0 Å². The lowest BCUT2D eigenvalue weighted by Gasteiger charge is -2.17. The van der Waals surface area contributed by atoms with Crippen LogP contribution in [0.1, 0.15) is 26.3 Å². The fourth-order valence-corrected chi connectivity index (χ4v) is 3.65. The molecule has 4 aromatic rings. The van der Waals surface area contributed by atoms with Crippen molar-refractivity contribution >= 4 is 23.2 Å². The van der Waals surface area contributed by atoms with Crippen molar-refractivity contribution in [1.29, 1.82) is 0 Å². The number of para-hydroxylation sites is 1. The number of nitrogens with one attached hydrogen (secondary N) is 1. The number of amides is 2. The van der Waals surface area contributed by atoms with E-state index in [0.29, 0.717) is 23.4 Å². The first-order chi connectivity index (χ1) is 15.2. The van der Waals surface area contributed by atoms with Crippen LogP contribution in [0.15, 0.2) is 79.1 Å². The fraction of sp³-hybridized carbons (Fsp3) is 0.0870. The largest absolute Gasteiger partial charge is 0.322 e. The average molecular weight is 410 g/mol. The summed E-state index contributed by atoms with van der Waals surface area (Å²) in [5, 5.41) is 13.9. The Morgan fingerprint density at radius 1 is 0.871 bits per heavy atom. The van der Waals surface area contributed by atoms with E-state index in [4.69, 9.17) is 0 Å². The number of aromatic nitrogens is 4. The summed E-state index contributed by atoms with van der Waals surface area (Å²) in [6, 6.07) is 21.8. The highest BCUT2D eigenvalue weighted by Crippen LogP contribution is 2.29. The number of hydrogen-bond donors (Lipinski definition) is 1. The van der Waals surface area contributed by atoms with Crippen molar-refractivity contribution in [3.63, 3.8) is 0 Å². The van der Waals surface area contributed by atoms with E-state index in [1.54, 1.807) is 53.4 Å². The zero-order valence-corrected chi connectivity index (χ0v) is 16.5. The van der Waals surface area contributed by atoms with E-state index in [9.17, 15) is 9.59 Å². The molecule has 0 fully saturated rings. The maximum absolute atomic E-state index is 12.9. The summed E-state index contributed by atoms with van der Waals surface area (Å²) >= 11 is 0. The minimum Gasteiger partial charge on any atom is -0.322 e. The summed E-state index contributed by atoms with van der Waals surface area (Å²) in [5.41, 5.74) is 4.62. The summed E-state index contributed by atoms with van der Waals surface area (Å²) in [6.45, 7) is 0.678. The molecule has 8 heteroatoms. The third-order valence-corrected chi connectivity index (χ3v) is 5.27. The van der Waals surface area contributed by atoms with Gasteiger partial charge in [-0.1, -0.05) is 18.2 Å². The van der Waals surface area contributed by atoms with Crippen molar-refractivity contribution in [2.75, 3.05) is 16.8 Å². The molecule has 0 saturated heterocycles. The van der Waals surface area contributed by atoms with Crippen LogP contribution in [-0.2, 0) is 6.42 Å². The Balaban J connectivity index is 1.26. The molecule has 31 heavy (non-hydrogen) atoms. The predicted octanol–water partition coefficient (Wildman–Crippen LogP) is 3.12. The van der Waals surface area contributed by atoms with Gasteiger partial charge in [0.2, 0.25) is 0 Å². The molecule has 1 aliphatic heterocycles. The average Bonchev–Trinajstić information content (AvgIpc) is 3.50. The Labute approximate surface area is 178 Å². The zero-order valence-electron chi connectivity index (χ0n) is 16.5. The first-order valence-corrected chi connectivity index (χ1v) is 9.84. The summed E-state index contributed by atoms with van der Waals surface area (Å²) < 4.78 is 1.51. The second-order valence-electron chi connectivity index (χ2n) is 7.17. The van der Waals surface area contributed by atoms with Gasteiger partial charge in [-0.15, -0.1) is 5.10 Å². The number of hydrogen-bond acceptors (Lipinski definition) is 5. The topological polar surface area (TPSA) is 93.0 Å². The third kappa shape index (κ3) is 3.66. The number of nitrogens with zero attached hydrogens (tertiary/aromatic N) is 5. The number of tetrazole rings is 1.